The van der Waals surface area contributed by atoms with E-state index >= 15 is 0 Å². The summed E-state index contributed by atoms with van der Waals surface area (Å²) in [5, 5.41) is 0. The molecule has 96 valence electrons. The third-order valence-corrected chi connectivity index (χ3v) is 3.15. The molecular weight excluding hydrogens is 282 g/mol. The van der Waals surface area contributed by atoms with Gasteiger partial charge in [0.2, 0.25) is 0 Å². The molecule has 0 fully saturated rings. The van der Waals surface area contributed by atoms with Crippen LogP contribution in [0.3, 0.4) is 0 Å². The standard InChI is InChI=1S/C13H20BrNO2/c1-9(2)17-8-11(15)6-10-7-12(16-3)4-5-13(10)14/h4-5,7,9,11H,6,8,15H2,1-3H3. The van der Waals surface area contributed by atoms with E-state index in [1.54, 1.807) is 7.11 Å². The molecule has 0 aliphatic rings. The van der Waals surface area contributed by atoms with E-state index < -0.39 is 0 Å². The SMILES string of the molecule is COc1ccc(Br)c(CC(N)COC(C)C)c1. The fourth-order valence-electron chi connectivity index (χ4n) is 1.49. The van der Waals surface area contributed by atoms with Crippen molar-refractivity contribution >= 4 is 15.9 Å². The van der Waals surface area contributed by atoms with Gasteiger partial charge >= 0.3 is 0 Å². The topological polar surface area (TPSA) is 44.5 Å². The van der Waals surface area contributed by atoms with Gasteiger partial charge in [-0.2, -0.15) is 0 Å². The highest BCUT2D eigenvalue weighted by molar-refractivity contribution is 9.10. The molecule has 1 unspecified atom stereocenters. The van der Waals surface area contributed by atoms with Crippen LogP contribution in [0.2, 0.25) is 0 Å². The third kappa shape index (κ3) is 5.06. The minimum atomic E-state index is 0.000746. The van der Waals surface area contributed by atoms with Crippen LogP contribution < -0.4 is 10.5 Å². The second kappa shape index (κ2) is 6.99. The molecule has 0 spiro atoms. The molecule has 1 rings (SSSR count). The Morgan fingerprint density at radius 2 is 2.06 bits per heavy atom. The van der Waals surface area contributed by atoms with Gasteiger partial charge in [0, 0.05) is 10.5 Å². The summed E-state index contributed by atoms with van der Waals surface area (Å²) in [5.41, 5.74) is 7.17. The fourth-order valence-corrected chi connectivity index (χ4v) is 1.90. The summed E-state index contributed by atoms with van der Waals surface area (Å²) in [5.74, 6) is 0.847. The van der Waals surface area contributed by atoms with Crippen molar-refractivity contribution < 1.29 is 9.47 Å². The molecule has 1 aromatic carbocycles. The summed E-state index contributed by atoms with van der Waals surface area (Å²) < 4.78 is 11.8. The summed E-state index contributed by atoms with van der Waals surface area (Å²) in [6.07, 6.45) is 0.986. The zero-order valence-corrected chi connectivity index (χ0v) is 12.2. The van der Waals surface area contributed by atoms with Crippen molar-refractivity contribution in [2.75, 3.05) is 13.7 Å². The lowest BCUT2D eigenvalue weighted by molar-refractivity contribution is 0.0684. The lowest BCUT2D eigenvalue weighted by atomic mass is 10.1. The molecule has 0 amide bonds. The van der Waals surface area contributed by atoms with Gasteiger partial charge in [-0.3, -0.25) is 0 Å². The minimum Gasteiger partial charge on any atom is -0.497 e. The first-order chi connectivity index (χ1) is 8.02. The van der Waals surface area contributed by atoms with Crippen molar-refractivity contribution in [2.24, 2.45) is 5.73 Å². The van der Waals surface area contributed by atoms with Gasteiger partial charge in [-0.25, -0.2) is 0 Å². The summed E-state index contributed by atoms with van der Waals surface area (Å²) >= 11 is 3.52. The Morgan fingerprint density at radius 1 is 1.35 bits per heavy atom. The van der Waals surface area contributed by atoms with Crippen LogP contribution in [0.25, 0.3) is 0 Å². The molecule has 3 nitrogen and oxygen atoms in total. The van der Waals surface area contributed by atoms with Gasteiger partial charge in [0.05, 0.1) is 19.8 Å². The van der Waals surface area contributed by atoms with Gasteiger partial charge in [-0.15, -0.1) is 0 Å². The van der Waals surface area contributed by atoms with Gasteiger partial charge in [-0.05, 0) is 44.0 Å². The van der Waals surface area contributed by atoms with Crippen molar-refractivity contribution in [1.29, 1.82) is 0 Å². The molecule has 0 saturated heterocycles. The molecule has 0 bridgehead atoms. The zero-order valence-electron chi connectivity index (χ0n) is 10.6. The van der Waals surface area contributed by atoms with Crippen LogP contribution in [-0.4, -0.2) is 25.9 Å². The maximum absolute atomic E-state index is 6.03. The van der Waals surface area contributed by atoms with E-state index in [0.29, 0.717) is 6.61 Å². The van der Waals surface area contributed by atoms with Gasteiger partial charge < -0.3 is 15.2 Å². The average Bonchev–Trinajstić information content (AvgIpc) is 2.29. The summed E-state index contributed by atoms with van der Waals surface area (Å²) in [6, 6.07) is 5.90. The van der Waals surface area contributed by atoms with E-state index in [2.05, 4.69) is 15.9 Å². The number of ether oxygens (including phenoxy) is 2. The number of halogens is 1. The quantitative estimate of drug-likeness (QED) is 0.879. The molecule has 0 aliphatic carbocycles. The van der Waals surface area contributed by atoms with Crippen LogP contribution in [-0.2, 0) is 11.2 Å². The Labute approximate surface area is 111 Å². The average molecular weight is 302 g/mol. The Morgan fingerprint density at radius 3 is 2.65 bits per heavy atom. The van der Waals surface area contributed by atoms with Gasteiger partial charge in [0.25, 0.3) is 0 Å². The summed E-state index contributed by atoms with van der Waals surface area (Å²) in [6.45, 7) is 4.59. The minimum absolute atomic E-state index is 0.000746. The maximum Gasteiger partial charge on any atom is 0.119 e. The van der Waals surface area contributed by atoms with Crippen LogP contribution in [0.5, 0.6) is 5.75 Å². The number of rotatable bonds is 6. The summed E-state index contributed by atoms with van der Waals surface area (Å²) in [4.78, 5) is 0. The number of hydrogen-bond donors (Lipinski definition) is 1. The van der Waals surface area contributed by atoms with Gasteiger partial charge in [-0.1, -0.05) is 15.9 Å². The Kier molecular flexibility index (Phi) is 5.95. The largest absolute Gasteiger partial charge is 0.497 e. The molecule has 2 N–H and O–H groups in total. The first-order valence-corrected chi connectivity index (χ1v) is 6.51. The number of hydrogen-bond acceptors (Lipinski definition) is 3. The first kappa shape index (κ1) is 14.5. The first-order valence-electron chi connectivity index (χ1n) is 5.72. The highest BCUT2D eigenvalue weighted by Crippen LogP contribution is 2.23. The molecule has 0 heterocycles. The van der Waals surface area contributed by atoms with Crippen molar-refractivity contribution in [2.45, 2.75) is 32.4 Å². The molecule has 1 atom stereocenters. The smallest absolute Gasteiger partial charge is 0.119 e. The second-order valence-electron chi connectivity index (χ2n) is 4.30. The number of benzene rings is 1. The molecule has 1 aromatic rings. The molecule has 17 heavy (non-hydrogen) atoms. The highest BCUT2D eigenvalue weighted by Gasteiger charge is 2.09. The monoisotopic (exact) mass is 301 g/mol. The molecule has 0 aliphatic heterocycles. The van der Waals surface area contributed by atoms with E-state index in [9.17, 15) is 0 Å². The van der Waals surface area contributed by atoms with E-state index in [4.69, 9.17) is 15.2 Å². The maximum atomic E-state index is 6.03. The molecule has 4 heteroatoms. The van der Waals surface area contributed by atoms with Crippen molar-refractivity contribution in [3.05, 3.63) is 28.2 Å². The van der Waals surface area contributed by atoms with E-state index in [0.717, 1.165) is 22.2 Å². The van der Waals surface area contributed by atoms with E-state index in [1.165, 1.54) is 0 Å². The van der Waals surface area contributed by atoms with Crippen molar-refractivity contribution in [1.82, 2.24) is 0 Å². The third-order valence-electron chi connectivity index (χ3n) is 2.38. The molecule has 0 saturated carbocycles. The van der Waals surface area contributed by atoms with E-state index in [-0.39, 0.29) is 12.1 Å². The van der Waals surface area contributed by atoms with Crippen LogP contribution >= 0.6 is 15.9 Å². The predicted octanol–water partition coefficient (Wildman–Crippen LogP) is 2.75. The van der Waals surface area contributed by atoms with E-state index in [1.807, 2.05) is 32.0 Å². The fraction of sp³-hybridized carbons (Fsp3) is 0.538. The van der Waals surface area contributed by atoms with Crippen molar-refractivity contribution in [3.63, 3.8) is 0 Å². The molecular formula is C13H20BrNO2. The highest BCUT2D eigenvalue weighted by atomic mass is 79.9. The van der Waals surface area contributed by atoms with Crippen molar-refractivity contribution in [3.8, 4) is 5.75 Å². The van der Waals surface area contributed by atoms with Gasteiger partial charge in [0.1, 0.15) is 5.75 Å². The Balaban J connectivity index is 2.60. The van der Waals surface area contributed by atoms with Crippen LogP contribution in [0, 0.1) is 0 Å². The van der Waals surface area contributed by atoms with Crippen LogP contribution in [0.1, 0.15) is 19.4 Å². The predicted molar refractivity (Wildman–Crippen MR) is 73.5 cm³/mol. The lowest BCUT2D eigenvalue weighted by Gasteiger charge is -2.15. The number of methoxy groups -OCH3 is 1. The second-order valence-corrected chi connectivity index (χ2v) is 5.16. The number of nitrogens with two attached hydrogens (primary N) is 1. The zero-order chi connectivity index (χ0) is 12.8. The normalized spacial score (nSPS) is 12.8. The molecule has 0 radical (unpaired) electrons. The molecule has 0 aromatic heterocycles. The Hall–Kier alpha value is -0.580. The van der Waals surface area contributed by atoms with Crippen LogP contribution in [0.15, 0.2) is 22.7 Å². The summed E-state index contributed by atoms with van der Waals surface area (Å²) in [7, 11) is 1.66. The lowest BCUT2D eigenvalue weighted by Crippen LogP contribution is -2.30. The van der Waals surface area contributed by atoms with Gasteiger partial charge in [0.15, 0.2) is 0 Å². The van der Waals surface area contributed by atoms with Crippen LogP contribution in [0.4, 0.5) is 0 Å². The Bertz CT molecular complexity index is 355.